The molecule has 1 aliphatic carbocycles. The Kier molecular flexibility index (Phi) is 8.28. The number of amides is 1. The number of benzene rings is 2. The first-order valence-electron chi connectivity index (χ1n) is 10.8. The monoisotopic (exact) mass is 526 g/mol. The molecule has 1 saturated carbocycles. The van der Waals surface area contributed by atoms with Gasteiger partial charge in [0.2, 0.25) is 5.91 Å². The molecule has 1 N–H and O–H groups in total. The van der Waals surface area contributed by atoms with Gasteiger partial charge in [-0.05, 0) is 43.2 Å². The van der Waals surface area contributed by atoms with Crippen molar-refractivity contribution in [2.45, 2.75) is 49.9 Å². The largest absolute Gasteiger partial charge is 0.433 e. The number of anilines is 1. The van der Waals surface area contributed by atoms with Gasteiger partial charge in [0, 0.05) is 16.6 Å². The van der Waals surface area contributed by atoms with Gasteiger partial charge in [0.05, 0.1) is 16.5 Å². The van der Waals surface area contributed by atoms with Crippen LogP contribution in [0.15, 0.2) is 47.6 Å². The molecule has 180 valence electrons. The first-order chi connectivity index (χ1) is 16.4. The fraction of sp³-hybridized carbons (Fsp3) is 0.348. The molecule has 6 nitrogen and oxygen atoms in total. The highest BCUT2D eigenvalue weighted by Crippen LogP contribution is 2.38. The van der Waals surface area contributed by atoms with Crippen molar-refractivity contribution >= 4 is 46.6 Å². The van der Waals surface area contributed by atoms with E-state index in [1.54, 1.807) is 24.3 Å². The summed E-state index contributed by atoms with van der Waals surface area (Å²) in [4.78, 5) is 12.6. The van der Waals surface area contributed by atoms with E-state index in [0.29, 0.717) is 21.0 Å². The van der Waals surface area contributed by atoms with Gasteiger partial charge in [0.25, 0.3) is 0 Å². The number of para-hydroxylation sites is 2. The second kappa shape index (κ2) is 11.4. The average molecular weight is 527 g/mol. The van der Waals surface area contributed by atoms with E-state index in [4.69, 9.17) is 23.2 Å². The lowest BCUT2D eigenvalue weighted by Gasteiger charge is -2.25. The smallest absolute Gasteiger partial charge is 0.387 e. The molecule has 34 heavy (non-hydrogen) atoms. The van der Waals surface area contributed by atoms with Crippen LogP contribution in [0.1, 0.15) is 38.1 Å². The van der Waals surface area contributed by atoms with Crippen LogP contribution in [0.4, 0.5) is 14.5 Å². The van der Waals surface area contributed by atoms with Crippen molar-refractivity contribution < 1.29 is 18.3 Å². The van der Waals surface area contributed by atoms with Gasteiger partial charge in [-0.3, -0.25) is 9.36 Å². The van der Waals surface area contributed by atoms with Crippen molar-refractivity contribution in [3.8, 4) is 17.1 Å². The zero-order valence-corrected chi connectivity index (χ0v) is 20.3. The van der Waals surface area contributed by atoms with E-state index in [1.165, 1.54) is 30.3 Å². The first-order valence-corrected chi connectivity index (χ1v) is 12.5. The van der Waals surface area contributed by atoms with Gasteiger partial charge < -0.3 is 10.1 Å². The SMILES string of the molecule is O=C(CSc1nnc(-c2ccc(Cl)cc2Cl)n1C1CCCCC1)Nc1ccccc1OC(F)F. The number of thioether (sulfide) groups is 1. The molecule has 0 unspecified atom stereocenters. The number of carbonyl (C=O) groups is 1. The number of halogens is 4. The highest BCUT2D eigenvalue weighted by molar-refractivity contribution is 7.99. The Labute approximate surface area is 210 Å². The number of hydrogen-bond donors (Lipinski definition) is 1. The van der Waals surface area contributed by atoms with Crippen molar-refractivity contribution in [3.63, 3.8) is 0 Å². The summed E-state index contributed by atoms with van der Waals surface area (Å²) in [7, 11) is 0. The van der Waals surface area contributed by atoms with Gasteiger partial charge >= 0.3 is 6.61 Å². The minimum absolute atomic E-state index is 0.0161. The van der Waals surface area contributed by atoms with E-state index >= 15 is 0 Å². The molecule has 11 heteroatoms. The highest BCUT2D eigenvalue weighted by atomic mass is 35.5. The highest BCUT2D eigenvalue weighted by Gasteiger charge is 2.25. The summed E-state index contributed by atoms with van der Waals surface area (Å²) in [6, 6.07) is 11.5. The van der Waals surface area contributed by atoms with Crippen molar-refractivity contribution in [3.05, 3.63) is 52.5 Å². The zero-order chi connectivity index (χ0) is 24.1. The molecule has 0 saturated heterocycles. The minimum Gasteiger partial charge on any atom is -0.433 e. The molecule has 0 atom stereocenters. The summed E-state index contributed by atoms with van der Waals surface area (Å²) in [5.41, 5.74) is 0.897. The molecule has 0 radical (unpaired) electrons. The number of carbonyl (C=O) groups excluding carboxylic acids is 1. The van der Waals surface area contributed by atoms with Crippen molar-refractivity contribution in [2.75, 3.05) is 11.1 Å². The molecule has 3 aromatic rings. The van der Waals surface area contributed by atoms with Gasteiger partial charge in [-0.1, -0.05) is 66.4 Å². The number of rotatable bonds is 8. The standard InChI is InChI=1S/C23H22Cl2F2N4O2S/c24-14-10-11-16(17(25)12-14)21-29-30-23(31(21)15-6-2-1-3-7-15)34-13-20(32)28-18-8-4-5-9-19(18)33-22(26)27/h4-5,8-12,15,22H,1-3,6-7,13H2,(H,28,32). The van der Waals surface area contributed by atoms with E-state index in [-0.39, 0.29) is 29.1 Å². The number of nitrogens with zero attached hydrogens (tertiary/aromatic N) is 3. The predicted octanol–water partition coefficient (Wildman–Crippen LogP) is 7.09. The topological polar surface area (TPSA) is 69.0 Å². The summed E-state index contributed by atoms with van der Waals surface area (Å²) in [6.07, 6.45) is 5.34. The minimum atomic E-state index is -2.99. The summed E-state index contributed by atoms with van der Waals surface area (Å²) < 4.78 is 31.8. The molecule has 0 aliphatic heterocycles. The number of ether oxygens (including phenoxy) is 1. The molecule has 1 amide bonds. The van der Waals surface area contributed by atoms with Crippen LogP contribution < -0.4 is 10.1 Å². The van der Waals surface area contributed by atoms with Crippen molar-refractivity contribution in [1.29, 1.82) is 0 Å². The first kappa shape index (κ1) is 24.8. The van der Waals surface area contributed by atoms with E-state index in [1.807, 2.05) is 6.07 Å². The van der Waals surface area contributed by atoms with Crippen LogP contribution in [0.2, 0.25) is 10.0 Å². The summed E-state index contributed by atoms with van der Waals surface area (Å²) >= 11 is 13.7. The van der Waals surface area contributed by atoms with Crippen LogP contribution in [-0.4, -0.2) is 33.0 Å². The maximum atomic E-state index is 12.6. The Morgan fingerprint density at radius 1 is 1.15 bits per heavy atom. The number of nitrogens with one attached hydrogen (secondary N) is 1. The average Bonchev–Trinajstić information content (AvgIpc) is 3.23. The normalized spacial score (nSPS) is 14.4. The Bertz CT molecular complexity index is 1160. The third-order valence-electron chi connectivity index (χ3n) is 5.49. The van der Waals surface area contributed by atoms with Crippen LogP contribution >= 0.6 is 35.0 Å². The van der Waals surface area contributed by atoms with Crippen LogP contribution in [0.5, 0.6) is 5.75 Å². The Hall–Kier alpha value is -2.36. The van der Waals surface area contributed by atoms with Crippen LogP contribution in [-0.2, 0) is 4.79 Å². The van der Waals surface area contributed by atoms with Gasteiger partial charge in [0.15, 0.2) is 11.0 Å². The number of alkyl halides is 2. The number of hydrogen-bond acceptors (Lipinski definition) is 5. The quantitative estimate of drug-likeness (QED) is 0.317. The van der Waals surface area contributed by atoms with Gasteiger partial charge in [-0.25, -0.2) is 0 Å². The Morgan fingerprint density at radius 2 is 1.91 bits per heavy atom. The van der Waals surface area contributed by atoms with E-state index in [0.717, 1.165) is 31.2 Å². The Morgan fingerprint density at radius 3 is 2.65 bits per heavy atom. The van der Waals surface area contributed by atoms with Crippen LogP contribution in [0, 0.1) is 0 Å². The molecule has 2 aromatic carbocycles. The van der Waals surface area contributed by atoms with Gasteiger partial charge in [-0.2, -0.15) is 8.78 Å². The predicted molar refractivity (Wildman–Crippen MR) is 130 cm³/mol. The Balaban J connectivity index is 1.54. The van der Waals surface area contributed by atoms with E-state index < -0.39 is 6.61 Å². The third kappa shape index (κ3) is 6.00. The summed E-state index contributed by atoms with van der Waals surface area (Å²) in [6.45, 7) is -2.99. The fourth-order valence-corrected chi connectivity index (χ4v) is 5.28. The zero-order valence-electron chi connectivity index (χ0n) is 18.0. The molecule has 1 heterocycles. The lowest BCUT2D eigenvalue weighted by molar-refractivity contribution is -0.113. The molecular weight excluding hydrogens is 505 g/mol. The molecule has 0 spiro atoms. The van der Waals surface area contributed by atoms with Crippen molar-refractivity contribution in [1.82, 2.24) is 14.8 Å². The maximum absolute atomic E-state index is 12.6. The lowest BCUT2D eigenvalue weighted by atomic mass is 9.95. The van der Waals surface area contributed by atoms with Gasteiger partial charge in [-0.15, -0.1) is 10.2 Å². The lowest BCUT2D eigenvalue weighted by Crippen LogP contribution is -2.18. The third-order valence-corrected chi connectivity index (χ3v) is 6.98. The molecule has 1 aliphatic rings. The summed E-state index contributed by atoms with van der Waals surface area (Å²) in [5.74, 6) is 0.176. The van der Waals surface area contributed by atoms with Crippen LogP contribution in [0.3, 0.4) is 0 Å². The molecule has 1 aromatic heterocycles. The molecule has 0 bridgehead atoms. The number of aromatic nitrogens is 3. The second-order valence-corrected chi connectivity index (χ2v) is 9.59. The molecule has 1 fully saturated rings. The molecule has 4 rings (SSSR count). The maximum Gasteiger partial charge on any atom is 0.387 e. The fourth-order valence-electron chi connectivity index (χ4n) is 3.98. The van der Waals surface area contributed by atoms with E-state index in [9.17, 15) is 13.6 Å². The second-order valence-electron chi connectivity index (χ2n) is 7.80. The molecular formula is C23H22Cl2F2N4O2S. The van der Waals surface area contributed by atoms with Crippen LogP contribution in [0.25, 0.3) is 11.4 Å². The van der Waals surface area contributed by atoms with Gasteiger partial charge in [0.1, 0.15) is 5.75 Å². The van der Waals surface area contributed by atoms with E-state index in [2.05, 4.69) is 24.8 Å². The van der Waals surface area contributed by atoms with Crippen molar-refractivity contribution in [2.24, 2.45) is 0 Å². The summed E-state index contributed by atoms with van der Waals surface area (Å²) in [5, 5.41) is 13.0.